The Morgan fingerprint density at radius 2 is 1.86 bits per heavy atom. The molecule has 0 amide bonds. The predicted octanol–water partition coefficient (Wildman–Crippen LogP) is 2.35. The van der Waals surface area contributed by atoms with Crippen LogP contribution in [-0.4, -0.2) is 26.9 Å². The Labute approximate surface area is 169 Å². The van der Waals surface area contributed by atoms with Gasteiger partial charge in [-0.25, -0.2) is 0 Å². The standard InChI is InChI=1S/C20H16N4O2S2/c1-26-15-9-7-13(8-10-15)11-16-19(25)21-18(28-16)12-17-22-23-20(27)24(17)14-5-3-2-4-6-14/h2-12H,1H3,(H,21,25)(H,23,27)/b16-11+,18-12+. The molecule has 0 unspecified atom stereocenters. The second kappa shape index (κ2) is 7.79. The highest BCUT2D eigenvalue weighted by Gasteiger charge is 2.06. The average Bonchev–Trinajstić information content (AvgIpc) is 3.25. The number of aromatic nitrogens is 4. The van der Waals surface area contributed by atoms with Gasteiger partial charge in [0.15, 0.2) is 10.6 Å². The van der Waals surface area contributed by atoms with Crippen LogP contribution >= 0.6 is 23.6 Å². The molecule has 0 radical (unpaired) electrons. The molecule has 2 aromatic heterocycles. The largest absolute Gasteiger partial charge is 0.497 e. The minimum atomic E-state index is -0.146. The summed E-state index contributed by atoms with van der Waals surface area (Å²) in [5.74, 6) is 1.39. The minimum Gasteiger partial charge on any atom is -0.497 e. The lowest BCUT2D eigenvalue weighted by Gasteiger charge is -2.02. The molecule has 8 heteroatoms. The van der Waals surface area contributed by atoms with Crippen molar-refractivity contribution >= 4 is 35.7 Å². The number of rotatable bonds is 4. The zero-order valence-electron chi connectivity index (χ0n) is 14.9. The Morgan fingerprint density at radius 3 is 2.57 bits per heavy atom. The lowest BCUT2D eigenvalue weighted by Crippen LogP contribution is -2.19. The fourth-order valence-electron chi connectivity index (χ4n) is 2.73. The van der Waals surface area contributed by atoms with Crippen molar-refractivity contribution in [2.45, 2.75) is 0 Å². The Kier molecular flexibility index (Phi) is 5.05. The van der Waals surface area contributed by atoms with Crippen LogP contribution in [-0.2, 0) is 0 Å². The summed E-state index contributed by atoms with van der Waals surface area (Å²) >= 11 is 6.71. The van der Waals surface area contributed by atoms with E-state index >= 15 is 0 Å². The van der Waals surface area contributed by atoms with E-state index in [-0.39, 0.29) is 5.56 Å². The van der Waals surface area contributed by atoms with E-state index in [0.717, 1.165) is 17.0 Å². The van der Waals surface area contributed by atoms with E-state index in [1.807, 2.05) is 65.2 Å². The predicted molar refractivity (Wildman–Crippen MR) is 113 cm³/mol. The molecule has 28 heavy (non-hydrogen) atoms. The Bertz CT molecular complexity index is 1330. The van der Waals surface area contributed by atoms with Crippen LogP contribution in [0.25, 0.3) is 17.8 Å². The molecule has 6 nitrogen and oxygen atoms in total. The van der Waals surface area contributed by atoms with E-state index in [2.05, 4.69) is 15.2 Å². The maximum Gasteiger partial charge on any atom is 0.266 e. The third-order valence-corrected chi connectivity index (χ3v) is 5.30. The van der Waals surface area contributed by atoms with Gasteiger partial charge in [-0.15, -0.1) is 11.3 Å². The number of nitrogens with one attached hydrogen (secondary N) is 2. The first kappa shape index (κ1) is 18.1. The molecule has 0 aliphatic rings. The van der Waals surface area contributed by atoms with Crippen LogP contribution in [0, 0.1) is 4.77 Å². The fourth-order valence-corrected chi connectivity index (χ4v) is 3.85. The first-order valence-electron chi connectivity index (χ1n) is 8.43. The Hall–Kier alpha value is -3.23. The first-order chi connectivity index (χ1) is 13.6. The van der Waals surface area contributed by atoms with Crippen LogP contribution in [0.15, 0.2) is 59.4 Å². The Balaban J connectivity index is 1.77. The van der Waals surface area contributed by atoms with Crippen LogP contribution in [0.5, 0.6) is 5.75 Å². The molecular weight excluding hydrogens is 392 g/mol. The number of para-hydroxylation sites is 1. The van der Waals surface area contributed by atoms with Gasteiger partial charge in [0.1, 0.15) is 5.75 Å². The van der Waals surface area contributed by atoms with Crippen molar-refractivity contribution in [3.63, 3.8) is 0 Å². The van der Waals surface area contributed by atoms with Gasteiger partial charge in [-0.3, -0.25) is 14.5 Å². The third kappa shape index (κ3) is 3.73. The number of ether oxygens (including phenoxy) is 1. The molecule has 0 aliphatic carbocycles. The summed E-state index contributed by atoms with van der Waals surface area (Å²) < 4.78 is 8.76. The van der Waals surface area contributed by atoms with Crippen molar-refractivity contribution < 1.29 is 4.74 Å². The van der Waals surface area contributed by atoms with E-state index in [1.54, 1.807) is 13.2 Å². The second-order valence-electron chi connectivity index (χ2n) is 5.90. The molecule has 4 aromatic rings. The molecule has 0 fully saturated rings. The van der Waals surface area contributed by atoms with Gasteiger partial charge < -0.3 is 9.72 Å². The normalized spacial score (nSPS) is 12.5. The zero-order valence-corrected chi connectivity index (χ0v) is 16.5. The molecular formula is C20H16N4O2S2. The highest BCUT2D eigenvalue weighted by molar-refractivity contribution is 7.71. The van der Waals surface area contributed by atoms with Crippen LogP contribution in [0.2, 0.25) is 0 Å². The quantitative estimate of drug-likeness (QED) is 0.508. The van der Waals surface area contributed by atoms with Gasteiger partial charge in [-0.2, -0.15) is 5.10 Å². The van der Waals surface area contributed by atoms with Crippen LogP contribution in [0.1, 0.15) is 11.4 Å². The van der Waals surface area contributed by atoms with Gasteiger partial charge in [-0.05, 0) is 48.1 Å². The summed E-state index contributed by atoms with van der Waals surface area (Å²) in [5.41, 5.74) is 1.68. The van der Waals surface area contributed by atoms with Gasteiger partial charge >= 0.3 is 0 Å². The van der Waals surface area contributed by atoms with E-state index in [1.165, 1.54) is 11.3 Å². The number of thiazole rings is 1. The smallest absolute Gasteiger partial charge is 0.266 e. The molecule has 140 valence electrons. The number of aromatic amines is 2. The van der Waals surface area contributed by atoms with Crippen LogP contribution < -0.4 is 19.5 Å². The SMILES string of the molecule is COc1ccc(/C=c2/s/c(=C/c3n[nH]c(=S)n3-c3ccccc3)[nH]c2=O)cc1. The third-order valence-electron chi connectivity index (χ3n) is 4.07. The van der Waals surface area contributed by atoms with Gasteiger partial charge in [0, 0.05) is 11.8 Å². The number of nitrogens with zero attached hydrogens (tertiary/aromatic N) is 2. The van der Waals surface area contributed by atoms with Gasteiger partial charge in [0.05, 0.1) is 16.3 Å². The fraction of sp³-hybridized carbons (Fsp3) is 0.0500. The van der Waals surface area contributed by atoms with Crippen molar-refractivity contribution in [2.75, 3.05) is 7.11 Å². The summed E-state index contributed by atoms with van der Waals surface area (Å²) in [6, 6.07) is 17.2. The summed E-state index contributed by atoms with van der Waals surface area (Å²) in [7, 11) is 1.62. The number of hydrogen-bond donors (Lipinski definition) is 2. The molecule has 0 saturated carbocycles. The maximum atomic E-state index is 12.3. The number of hydrogen-bond acceptors (Lipinski definition) is 5. The Morgan fingerprint density at radius 1 is 1.11 bits per heavy atom. The van der Waals surface area contributed by atoms with Crippen LogP contribution in [0.3, 0.4) is 0 Å². The second-order valence-corrected chi connectivity index (χ2v) is 7.37. The molecule has 0 saturated heterocycles. The van der Waals surface area contributed by atoms with E-state index in [9.17, 15) is 4.79 Å². The zero-order chi connectivity index (χ0) is 19.5. The number of H-pyrrole nitrogens is 2. The molecule has 0 aliphatic heterocycles. The number of methoxy groups -OCH3 is 1. The van der Waals surface area contributed by atoms with E-state index < -0.39 is 0 Å². The highest BCUT2D eigenvalue weighted by atomic mass is 32.1. The monoisotopic (exact) mass is 408 g/mol. The summed E-state index contributed by atoms with van der Waals surface area (Å²) in [5, 5.41) is 7.09. The van der Waals surface area contributed by atoms with Gasteiger partial charge in [-0.1, -0.05) is 30.3 Å². The summed E-state index contributed by atoms with van der Waals surface area (Å²) in [6.07, 6.45) is 3.64. The average molecular weight is 409 g/mol. The van der Waals surface area contributed by atoms with Crippen molar-refractivity contribution in [2.24, 2.45) is 0 Å². The molecule has 2 aromatic carbocycles. The van der Waals surface area contributed by atoms with Gasteiger partial charge in [0.25, 0.3) is 5.56 Å². The van der Waals surface area contributed by atoms with Crippen molar-refractivity contribution in [3.8, 4) is 11.4 Å². The molecule has 0 spiro atoms. The summed E-state index contributed by atoms with van der Waals surface area (Å²) in [6.45, 7) is 0. The topological polar surface area (TPSA) is 75.7 Å². The number of benzene rings is 2. The lowest BCUT2D eigenvalue weighted by molar-refractivity contribution is 0.415. The van der Waals surface area contributed by atoms with Crippen molar-refractivity contribution in [1.29, 1.82) is 0 Å². The lowest BCUT2D eigenvalue weighted by atomic mass is 10.2. The molecule has 2 heterocycles. The van der Waals surface area contributed by atoms with E-state index in [0.29, 0.717) is 19.8 Å². The van der Waals surface area contributed by atoms with E-state index in [4.69, 9.17) is 17.0 Å². The van der Waals surface area contributed by atoms with Crippen molar-refractivity contribution in [3.05, 3.63) is 90.3 Å². The molecule has 0 bridgehead atoms. The summed E-state index contributed by atoms with van der Waals surface area (Å²) in [4.78, 5) is 15.2. The van der Waals surface area contributed by atoms with Crippen molar-refractivity contribution in [1.82, 2.24) is 19.7 Å². The molecule has 2 N–H and O–H groups in total. The van der Waals surface area contributed by atoms with Crippen LogP contribution in [0.4, 0.5) is 0 Å². The van der Waals surface area contributed by atoms with Gasteiger partial charge in [0.2, 0.25) is 0 Å². The molecule has 4 rings (SSSR count). The molecule has 0 atom stereocenters. The first-order valence-corrected chi connectivity index (χ1v) is 9.66. The minimum absolute atomic E-state index is 0.146. The maximum absolute atomic E-state index is 12.3. The highest BCUT2D eigenvalue weighted by Crippen LogP contribution is 2.12.